The van der Waals surface area contributed by atoms with E-state index >= 15 is 0 Å². The topological polar surface area (TPSA) is 50.9 Å². The Kier molecular flexibility index (Phi) is 5.82. The van der Waals surface area contributed by atoms with Gasteiger partial charge in [0.15, 0.2) is 0 Å². The molecule has 0 spiro atoms. The molecule has 3 nitrogen and oxygen atoms in total. The molecule has 0 aliphatic carbocycles. The van der Waals surface area contributed by atoms with Crippen molar-refractivity contribution in [3.63, 3.8) is 0 Å². The van der Waals surface area contributed by atoms with E-state index < -0.39 is 0 Å². The highest BCUT2D eigenvalue weighted by Crippen LogP contribution is 2.28. The molecule has 0 saturated carbocycles. The predicted molar refractivity (Wildman–Crippen MR) is 93.0 cm³/mol. The maximum atomic E-state index is 5.88. The average Bonchev–Trinajstić information content (AvgIpc) is 2.92. The number of benzene rings is 1. The number of thiazole rings is 1. The first kappa shape index (κ1) is 15.3. The SMILES string of the molecule is CCSc1cccc(NCCc2cscn2)c1C(N)=S. The van der Waals surface area contributed by atoms with E-state index in [2.05, 4.69) is 28.7 Å². The number of thioether (sulfide) groups is 1. The first-order valence-corrected chi connectivity index (χ1v) is 8.72. The fraction of sp³-hybridized carbons (Fsp3) is 0.286. The second kappa shape index (κ2) is 7.61. The van der Waals surface area contributed by atoms with Crippen molar-refractivity contribution in [1.29, 1.82) is 0 Å². The summed E-state index contributed by atoms with van der Waals surface area (Å²) in [4.78, 5) is 5.86. The number of nitrogens with zero attached hydrogens (tertiary/aromatic N) is 1. The molecule has 0 saturated heterocycles. The van der Waals surface area contributed by atoms with E-state index in [0.29, 0.717) is 4.99 Å². The molecule has 0 radical (unpaired) electrons. The summed E-state index contributed by atoms with van der Waals surface area (Å²) in [7, 11) is 0. The molecule has 0 aliphatic rings. The fourth-order valence-electron chi connectivity index (χ4n) is 1.89. The number of hydrogen-bond acceptors (Lipinski definition) is 5. The number of hydrogen-bond donors (Lipinski definition) is 2. The molecule has 0 unspecified atom stereocenters. The smallest absolute Gasteiger partial charge is 0.107 e. The maximum absolute atomic E-state index is 5.88. The minimum Gasteiger partial charge on any atom is -0.389 e. The van der Waals surface area contributed by atoms with Gasteiger partial charge in [0.1, 0.15) is 4.99 Å². The lowest BCUT2D eigenvalue weighted by Gasteiger charge is -2.14. The van der Waals surface area contributed by atoms with Crippen molar-refractivity contribution in [2.24, 2.45) is 5.73 Å². The Bertz CT molecular complexity index is 567. The molecule has 0 atom stereocenters. The molecule has 106 valence electrons. The lowest BCUT2D eigenvalue weighted by atomic mass is 10.1. The van der Waals surface area contributed by atoms with E-state index in [-0.39, 0.29) is 0 Å². The van der Waals surface area contributed by atoms with Crippen molar-refractivity contribution in [3.05, 3.63) is 40.3 Å². The first-order valence-electron chi connectivity index (χ1n) is 6.39. The van der Waals surface area contributed by atoms with Gasteiger partial charge in [-0.3, -0.25) is 0 Å². The van der Waals surface area contributed by atoms with Crippen LogP contribution in [0.15, 0.2) is 34.0 Å². The van der Waals surface area contributed by atoms with Crippen LogP contribution >= 0.6 is 35.3 Å². The highest BCUT2D eigenvalue weighted by atomic mass is 32.2. The molecule has 0 aliphatic heterocycles. The Morgan fingerprint density at radius 3 is 3.00 bits per heavy atom. The van der Waals surface area contributed by atoms with Crippen molar-refractivity contribution in [3.8, 4) is 0 Å². The Morgan fingerprint density at radius 1 is 1.50 bits per heavy atom. The largest absolute Gasteiger partial charge is 0.389 e. The van der Waals surface area contributed by atoms with Gasteiger partial charge in [0.05, 0.1) is 11.2 Å². The predicted octanol–water partition coefficient (Wildman–Crippen LogP) is 3.54. The molecule has 1 aromatic heterocycles. The van der Waals surface area contributed by atoms with E-state index in [0.717, 1.165) is 40.6 Å². The van der Waals surface area contributed by atoms with Crippen molar-refractivity contribution in [2.75, 3.05) is 17.6 Å². The molecular formula is C14H17N3S3. The van der Waals surface area contributed by atoms with Gasteiger partial charge in [0, 0.05) is 34.5 Å². The molecule has 6 heteroatoms. The molecule has 0 bridgehead atoms. The molecule has 2 rings (SSSR count). The van der Waals surface area contributed by atoms with Crippen LogP contribution in [-0.2, 0) is 6.42 Å². The third kappa shape index (κ3) is 3.94. The van der Waals surface area contributed by atoms with E-state index in [1.165, 1.54) is 0 Å². The number of aromatic nitrogens is 1. The molecule has 3 N–H and O–H groups in total. The van der Waals surface area contributed by atoms with E-state index in [4.69, 9.17) is 18.0 Å². The number of rotatable bonds is 7. The van der Waals surface area contributed by atoms with Crippen LogP contribution in [0.1, 0.15) is 18.2 Å². The van der Waals surface area contributed by atoms with Crippen LogP contribution in [0.5, 0.6) is 0 Å². The lowest BCUT2D eigenvalue weighted by Crippen LogP contribution is -2.16. The summed E-state index contributed by atoms with van der Waals surface area (Å²) in [6, 6.07) is 6.12. The van der Waals surface area contributed by atoms with Crippen molar-refractivity contribution < 1.29 is 0 Å². The number of nitrogens with two attached hydrogens (primary N) is 1. The summed E-state index contributed by atoms with van der Waals surface area (Å²) in [5, 5.41) is 5.48. The minimum atomic E-state index is 0.442. The number of thiocarbonyl (C=S) groups is 1. The second-order valence-corrected chi connectivity index (χ2v) is 6.60. The Balaban J connectivity index is 2.09. The Labute approximate surface area is 133 Å². The minimum absolute atomic E-state index is 0.442. The van der Waals surface area contributed by atoms with Gasteiger partial charge in [-0.05, 0) is 17.9 Å². The van der Waals surface area contributed by atoms with Gasteiger partial charge in [-0.2, -0.15) is 0 Å². The van der Waals surface area contributed by atoms with E-state index in [1.54, 1.807) is 23.1 Å². The monoisotopic (exact) mass is 323 g/mol. The molecule has 0 amide bonds. The van der Waals surface area contributed by atoms with Gasteiger partial charge in [0.2, 0.25) is 0 Å². The zero-order valence-electron chi connectivity index (χ0n) is 11.3. The van der Waals surface area contributed by atoms with Gasteiger partial charge in [-0.25, -0.2) is 4.98 Å². The average molecular weight is 324 g/mol. The third-order valence-corrected chi connectivity index (χ3v) is 4.53. The maximum Gasteiger partial charge on any atom is 0.107 e. The quantitative estimate of drug-likeness (QED) is 0.603. The molecule has 20 heavy (non-hydrogen) atoms. The summed E-state index contributed by atoms with van der Waals surface area (Å²) in [5.41, 5.74) is 10.8. The van der Waals surface area contributed by atoms with Crippen LogP contribution in [0.3, 0.4) is 0 Å². The molecule has 1 aromatic carbocycles. The summed E-state index contributed by atoms with van der Waals surface area (Å²) in [6.45, 7) is 2.94. The van der Waals surface area contributed by atoms with E-state index in [1.807, 2.05) is 17.6 Å². The highest BCUT2D eigenvalue weighted by Gasteiger charge is 2.10. The van der Waals surface area contributed by atoms with Gasteiger partial charge >= 0.3 is 0 Å². The van der Waals surface area contributed by atoms with Crippen LogP contribution in [0.25, 0.3) is 0 Å². The molecular weight excluding hydrogens is 306 g/mol. The van der Waals surface area contributed by atoms with Crippen molar-refractivity contribution in [2.45, 2.75) is 18.2 Å². The van der Waals surface area contributed by atoms with Crippen molar-refractivity contribution in [1.82, 2.24) is 4.98 Å². The summed E-state index contributed by atoms with van der Waals surface area (Å²) >= 11 is 8.57. The van der Waals surface area contributed by atoms with Gasteiger partial charge < -0.3 is 11.1 Å². The highest BCUT2D eigenvalue weighted by molar-refractivity contribution is 7.99. The second-order valence-electron chi connectivity index (χ2n) is 4.13. The van der Waals surface area contributed by atoms with Crippen LogP contribution in [0.2, 0.25) is 0 Å². The third-order valence-electron chi connectivity index (χ3n) is 2.75. The van der Waals surface area contributed by atoms with Gasteiger partial charge in [-0.1, -0.05) is 25.2 Å². The molecule has 2 aromatic rings. The first-order chi connectivity index (χ1) is 9.72. The summed E-state index contributed by atoms with van der Waals surface area (Å²) < 4.78 is 0. The van der Waals surface area contributed by atoms with Crippen LogP contribution in [0, 0.1) is 0 Å². The molecule has 0 fully saturated rings. The van der Waals surface area contributed by atoms with E-state index in [9.17, 15) is 0 Å². The standard InChI is InChI=1S/C14H17N3S3/c1-2-20-12-5-3-4-11(13(12)14(15)18)16-7-6-10-8-19-9-17-10/h3-5,8-9,16H,2,6-7H2,1H3,(H2,15,18). The fourth-order valence-corrected chi connectivity index (χ4v) is 3.62. The van der Waals surface area contributed by atoms with Crippen LogP contribution in [0.4, 0.5) is 5.69 Å². The van der Waals surface area contributed by atoms with Crippen LogP contribution in [-0.4, -0.2) is 22.3 Å². The summed E-state index contributed by atoms with van der Waals surface area (Å²) in [5.74, 6) is 0.998. The Morgan fingerprint density at radius 2 is 2.35 bits per heavy atom. The Hall–Kier alpha value is -1.11. The summed E-state index contributed by atoms with van der Waals surface area (Å²) in [6.07, 6.45) is 0.894. The van der Waals surface area contributed by atoms with Gasteiger partial charge in [-0.15, -0.1) is 23.1 Å². The zero-order chi connectivity index (χ0) is 14.4. The van der Waals surface area contributed by atoms with Crippen LogP contribution < -0.4 is 11.1 Å². The molecule has 1 heterocycles. The number of anilines is 1. The van der Waals surface area contributed by atoms with Gasteiger partial charge in [0.25, 0.3) is 0 Å². The lowest BCUT2D eigenvalue weighted by molar-refractivity contribution is 0.976. The zero-order valence-corrected chi connectivity index (χ0v) is 13.7. The normalized spacial score (nSPS) is 10.4. The number of nitrogens with one attached hydrogen (secondary N) is 1. The van der Waals surface area contributed by atoms with Crippen molar-refractivity contribution >= 4 is 46.0 Å².